The normalized spacial score (nSPS) is 11.0. The zero-order valence-electron chi connectivity index (χ0n) is 16.1. The summed E-state index contributed by atoms with van der Waals surface area (Å²) in [6.45, 7) is 2.09. The van der Waals surface area contributed by atoms with Gasteiger partial charge in [0.05, 0.1) is 37.7 Å². The average molecular weight is 393 g/mol. The molecule has 4 rings (SSSR count). The number of aromatic nitrogens is 5. The van der Waals surface area contributed by atoms with Crippen LogP contribution in [0.4, 0.5) is 4.39 Å². The highest BCUT2D eigenvalue weighted by atomic mass is 19.1. The first kappa shape index (κ1) is 18.8. The molecule has 0 amide bonds. The van der Waals surface area contributed by atoms with E-state index in [4.69, 9.17) is 9.84 Å². The Balaban J connectivity index is 1.86. The maximum Gasteiger partial charge on any atom is 0.185 e. The molecule has 0 fully saturated rings. The van der Waals surface area contributed by atoms with Crippen LogP contribution < -0.4 is 4.74 Å². The van der Waals surface area contributed by atoms with Crippen molar-refractivity contribution in [2.45, 2.75) is 13.5 Å². The van der Waals surface area contributed by atoms with Crippen LogP contribution in [0.3, 0.4) is 0 Å². The fourth-order valence-electron chi connectivity index (χ4n) is 3.07. The molecular weight excluding hydrogens is 373 g/mol. The smallest absolute Gasteiger partial charge is 0.185 e. The molecule has 0 atom stereocenters. The van der Waals surface area contributed by atoms with Crippen LogP contribution in [0.1, 0.15) is 5.56 Å². The second kappa shape index (κ2) is 7.84. The molecule has 0 aliphatic rings. The van der Waals surface area contributed by atoms with Crippen LogP contribution in [0.5, 0.6) is 5.75 Å². The first-order valence-electron chi connectivity index (χ1n) is 9.11. The van der Waals surface area contributed by atoms with Crippen molar-refractivity contribution in [3.63, 3.8) is 0 Å². The number of hydrogen-bond donors (Lipinski definition) is 1. The van der Waals surface area contributed by atoms with Gasteiger partial charge in [-0.05, 0) is 42.8 Å². The Kier molecular flexibility index (Phi) is 5.09. The highest BCUT2D eigenvalue weighted by Gasteiger charge is 2.18. The van der Waals surface area contributed by atoms with E-state index in [0.29, 0.717) is 34.9 Å². The van der Waals surface area contributed by atoms with Gasteiger partial charge in [-0.15, -0.1) is 5.10 Å². The molecule has 29 heavy (non-hydrogen) atoms. The van der Waals surface area contributed by atoms with E-state index in [-0.39, 0.29) is 12.4 Å². The Hall–Kier alpha value is -3.52. The second-order valence-electron chi connectivity index (χ2n) is 6.50. The molecule has 148 valence electrons. The maximum absolute atomic E-state index is 14.2. The van der Waals surface area contributed by atoms with Crippen LogP contribution in [0.15, 0.2) is 54.9 Å². The van der Waals surface area contributed by atoms with Gasteiger partial charge in [-0.3, -0.25) is 4.68 Å². The molecule has 2 aromatic carbocycles. The molecule has 1 N–H and O–H groups in total. The first-order valence-corrected chi connectivity index (χ1v) is 9.11. The molecule has 0 aliphatic carbocycles. The Morgan fingerprint density at radius 3 is 2.66 bits per heavy atom. The van der Waals surface area contributed by atoms with E-state index in [1.807, 2.05) is 30.3 Å². The maximum atomic E-state index is 14.2. The van der Waals surface area contributed by atoms with Gasteiger partial charge < -0.3 is 9.84 Å². The Labute approximate surface area is 167 Å². The summed E-state index contributed by atoms with van der Waals surface area (Å²) in [7, 11) is 1.61. The van der Waals surface area contributed by atoms with E-state index < -0.39 is 0 Å². The van der Waals surface area contributed by atoms with E-state index >= 15 is 0 Å². The minimum atomic E-state index is -0.302. The van der Waals surface area contributed by atoms with Crippen molar-refractivity contribution in [1.29, 1.82) is 0 Å². The van der Waals surface area contributed by atoms with Crippen molar-refractivity contribution in [2.75, 3.05) is 13.7 Å². The predicted molar refractivity (Wildman–Crippen MR) is 106 cm³/mol. The van der Waals surface area contributed by atoms with Crippen molar-refractivity contribution in [3.05, 3.63) is 66.2 Å². The van der Waals surface area contributed by atoms with E-state index in [2.05, 4.69) is 15.2 Å². The minimum absolute atomic E-state index is 0.0113. The van der Waals surface area contributed by atoms with Gasteiger partial charge in [-0.1, -0.05) is 12.1 Å². The molecule has 7 nitrogen and oxygen atoms in total. The van der Waals surface area contributed by atoms with Crippen molar-refractivity contribution in [3.8, 4) is 34.2 Å². The average Bonchev–Trinajstić information content (AvgIpc) is 3.38. The van der Waals surface area contributed by atoms with Gasteiger partial charge in [0, 0.05) is 11.8 Å². The largest absolute Gasteiger partial charge is 0.497 e. The summed E-state index contributed by atoms with van der Waals surface area (Å²) in [5.74, 6) is 1.41. The molecule has 0 radical (unpaired) electrons. The number of benzene rings is 2. The number of hydrogen-bond acceptors (Lipinski definition) is 5. The molecule has 2 heterocycles. The fourth-order valence-corrected chi connectivity index (χ4v) is 3.07. The summed E-state index contributed by atoms with van der Waals surface area (Å²) >= 11 is 0. The standard InChI is InChI=1S/C21H20FN5O2/c1-14-18(4-3-5-19(14)22)21-24-20(15-12-23-26(13-15)10-11-28)25-27(21)16-6-8-17(29-2)9-7-16/h3-9,12-13,28H,10-11H2,1-2H3. The number of aliphatic hydroxyl groups excluding tert-OH is 1. The van der Waals surface area contributed by atoms with E-state index in [9.17, 15) is 4.39 Å². The van der Waals surface area contributed by atoms with Gasteiger partial charge in [-0.25, -0.2) is 14.1 Å². The third kappa shape index (κ3) is 3.62. The molecule has 0 saturated carbocycles. The van der Waals surface area contributed by atoms with Gasteiger partial charge in [0.2, 0.25) is 0 Å². The zero-order chi connectivity index (χ0) is 20.4. The lowest BCUT2D eigenvalue weighted by Crippen LogP contribution is -2.01. The van der Waals surface area contributed by atoms with Crippen LogP contribution in [-0.4, -0.2) is 43.4 Å². The zero-order valence-corrected chi connectivity index (χ0v) is 16.1. The topological polar surface area (TPSA) is 78.0 Å². The van der Waals surface area contributed by atoms with E-state index in [1.165, 1.54) is 6.07 Å². The molecule has 0 aliphatic heterocycles. The summed E-state index contributed by atoms with van der Waals surface area (Å²) in [6, 6.07) is 12.3. The van der Waals surface area contributed by atoms with Crippen molar-refractivity contribution >= 4 is 0 Å². The minimum Gasteiger partial charge on any atom is -0.497 e. The lowest BCUT2D eigenvalue weighted by atomic mass is 10.1. The molecule has 0 saturated heterocycles. The van der Waals surface area contributed by atoms with Gasteiger partial charge >= 0.3 is 0 Å². The van der Waals surface area contributed by atoms with Crippen molar-refractivity contribution < 1.29 is 14.2 Å². The number of nitrogens with zero attached hydrogens (tertiary/aromatic N) is 5. The van der Waals surface area contributed by atoms with Crippen LogP contribution >= 0.6 is 0 Å². The number of ether oxygens (including phenoxy) is 1. The van der Waals surface area contributed by atoms with E-state index in [0.717, 1.165) is 11.4 Å². The molecule has 2 aromatic heterocycles. The summed E-state index contributed by atoms with van der Waals surface area (Å²) in [4.78, 5) is 4.68. The first-order chi connectivity index (χ1) is 14.1. The number of halogens is 1. The number of aliphatic hydroxyl groups is 1. The fraction of sp³-hybridized carbons (Fsp3) is 0.190. The summed E-state index contributed by atoms with van der Waals surface area (Å²) in [5, 5.41) is 18.0. The molecule has 8 heteroatoms. The monoisotopic (exact) mass is 393 g/mol. The van der Waals surface area contributed by atoms with Crippen molar-refractivity contribution in [1.82, 2.24) is 24.5 Å². The van der Waals surface area contributed by atoms with Crippen LogP contribution in [0.2, 0.25) is 0 Å². The lowest BCUT2D eigenvalue weighted by Gasteiger charge is -2.09. The molecular formula is C21H20FN5O2. The second-order valence-corrected chi connectivity index (χ2v) is 6.50. The third-order valence-electron chi connectivity index (χ3n) is 4.65. The van der Waals surface area contributed by atoms with E-state index in [1.54, 1.807) is 41.9 Å². The van der Waals surface area contributed by atoms with Gasteiger partial charge in [0.15, 0.2) is 11.6 Å². The third-order valence-corrected chi connectivity index (χ3v) is 4.65. The van der Waals surface area contributed by atoms with Crippen LogP contribution in [-0.2, 0) is 6.54 Å². The highest BCUT2D eigenvalue weighted by molar-refractivity contribution is 5.66. The van der Waals surface area contributed by atoms with Crippen molar-refractivity contribution in [2.24, 2.45) is 0 Å². The summed E-state index contributed by atoms with van der Waals surface area (Å²) in [6.07, 6.45) is 3.41. The van der Waals surface area contributed by atoms with Crippen LogP contribution in [0.25, 0.3) is 28.5 Å². The lowest BCUT2D eigenvalue weighted by molar-refractivity contribution is 0.269. The number of rotatable bonds is 6. The van der Waals surface area contributed by atoms with Gasteiger partial charge in [0.25, 0.3) is 0 Å². The Morgan fingerprint density at radius 2 is 1.93 bits per heavy atom. The molecule has 4 aromatic rings. The molecule has 0 unspecified atom stereocenters. The summed E-state index contributed by atoms with van der Waals surface area (Å²) < 4.78 is 22.7. The Bertz CT molecular complexity index is 1130. The highest BCUT2D eigenvalue weighted by Crippen LogP contribution is 2.29. The predicted octanol–water partition coefficient (Wildman–Crippen LogP) is 3.25. The van der Waals surface area contributed by atoms with Gasteiger partial charge in [-0.2, -0.15) is 5.10 Å². The Morgan fingerprint density at radius 1 is 1.14 bits per heavy atom. The quantitative estimate of drug-likeness (QED) is 0.544. The summed E-state index contributed by atoms with van der Waals surface area (Å²) in [5.41, 5.74) is 2.63. The number of methoxy groups -OCH3 is 1. The SMILES string of the molecule is COc1ccc(-n2nc(-c3cnn(CCO)c3)nc2-c2cccc(F)c2C)cc1. The molecule has 0 spiro atoms. The van der Waals surface area contributed by atoms with Gasteiger partial charge in [0.1, 0.15) is 11.6 Å². The molecule has 0 bridgehead atoms. The van der Waals surface area contributed by atoms with Crippen LogP contribution in [0, 0.1) is 12.7 Å².